The summed E-state index contributed by atoms with van der Waals surface area (Å²) >= 11 is 9.72. The first-order valence-electron chi connectivity index (χ1n) is 6.31. The zero-order chi connectivity index (χ0) is 13.8. The van der Waals surface area contributed by atoms with Gasteiger partial charge in [-0.1, -0.05) is 57.9 Å². The molecule has 0 aromatic heterocycles. The number of nitrogens with one attached hydrogen (secondary N) is 1. The van der Waals surface area contributed by atoms with Crippen LogP contribution in [-0.2, 0) is 6.54 Å². The molecule has 0 saturated heterocycles. The first-order chi connectivity index (χ1) is 9.08. The lowest BCUT2D eigenvalue weighted by Gasteiger charge is -2.16. The van der Waals surface area contributed by atoms with E-state index in [1.807, 2.05) is 18.2 Å². The Morgan fingerprint density at radius 3 is 2.63 bits per heavy atom. The van der Waals surface area contributed by atoms with Crippen molar-refractivity contribution in [3.8, 4) is 0 Å². The molecule has 1 nitrogen and oxygen atoms in total. The van der Waals surface area contributed by atoms with Gasteiger partial charge in [0.05, 0.1) is 0 Å². The van der Waals surface area contributed by atoms with Crippen LogP contribution in [0.4, 0.5) is 0 Å². The fraction of sp³-hybridized carbons (Fsp3) is 0.250. The van der Waals surface area contributed by atoms with Gasteiger partial charge in [0, 0.05) is 22.1 Å². The highest BCUT2D eigenvalue weighted by Gasteiger charge is 2.08. The number of halogens is 2. The second-order valence-corrected chi connectivity index (χ2v) is 5.97. The Labute approximate surface area is 128 Å². The minimum absolute atomic E-state index is 0.234. The molecule has 0 spiro atoms. The molecule has 0 fully saturated rings. The summed E-state index contributed by atoms with van der Waals surface area (Å²) in [6, 6.07) is 14.6. The quantitative estimate of drug-likeness (QED) is 0.801. The van der Waals surface area contributed by atoms with Crippen molar-refractivity contribution in [1.29, 1.82) is 0 Å². The minimum Gasteiger partial charge on any atom is -0.306 e. The van der Waals surface area contributed by atoms with Crippen molar-refractivity contribution in [3.05, 3.63) is 68.7 Å². The SMILES string of the molecule is Cc1cc(CN[C@H](C)c2ccccc2Cl)ccc1Br. The van der Waals surface area contributed by atoms with Crippen LogP contribution in [0.5, 0.6) is 0 Å². The summed E-state index contributed by atoms with van der Waals surface area (Å²) < 4.78 is 1.15. The summed E-state index contributed by atoms with van der Waals surface area (Å²) in [4.78, 5) is 0. The van der Waals surface area contributed by atoms with Crippen LogP contribution in [0.25, 0.3) is 0 Å². The lowest BCUT2D eigenvalue weighted by Crippen LogP contribution is -2.18. The van der Waals surface area contributed by atoms with E-state index in [1.165, 1.54) is 11.1 Å². The molecule has 1 N–H and O–H groups in total. The largest absolute Gasteiger partial charge is 0.306 e. The van der Waals surface area contributed by atoms with Gasteiger partial charge in [0.2, 0.25) is 0 Å². The summed E-state index contributed by atoms with van der Waals surface area (Å²) in [5, 5.41) is 4.32. The van der Waals surface area contributed by atoms with Crippen LogP contribution >= 0.6 is 27.5 Å². The van der Waals surface area contributed by atoms with Crippen molar-refractivity contribution < 1.29 is 0 Å². The highest BCUT2D eigenvalue weighted by atomic mass is 79.9. The van der Waals surface area contributed by atoms with Gasteiger partial charge in [-0.05, 0) is 42.7 Å². The molecule has 0 radical (unpaired) electrons. The van der Waals surface area contributed by atoms with Gasteiger partial charge in [0.25, 0.3) is 0 Å². The Hall–Kier alpha value is -0.830. The van der Waals surface area contributed by atoms with Crippen LogP contribution in [0.2, 0.25) is 5.02 Å². The maximum absolute atomic E-state index is 6.20. The highest BCUT2D eigenvalue weighted by Crippen LogP contribution is 2.23. The van der Waals surface area contributed by atoms with E-state index in [0.29, 0.717) is 0 Å². The number of hydrogen-bond acceptors (Lipinski definition) is 1. The molecule has 0 aliphatic heterocycles. The molecule has 3 heteroatoms. The van der Waals surface area contributed by atoms with Crippen LogP contribution in [0.15, 0.2) is 46.9 Å². The lowest BCUT2D eigenvalue weighted by molar-refractivity contribution is 0.574. The summed E-state index contributed by atoms with van der Waals surface area (Å²) in [5.74, 6) is 0. The van der Waals surface area contributed by atoms with E-state index in [9.17, 15) is 0 Å². The van der Waals surface area contributed by atoms with E-state index in [4.69, 9.17) is 11.6 Å². The summed E-state index contributed by atoms with van der Waals surface area (Å²) in [6.45, 7) is 5.07. The average Bonchev–Trinajstić information content (AvgIpc) is 2.40. The standard InChI is InChI=1S/C16H17BrClN/c1-11-9-13(7-8-15(11)17)10-19-12(2)14-5-3-4-6-16(14)18/h3-9,12,19H,10H2,1-2H3/t12-/m1/s1. The molecule has 0 bridgehead atoms. The Kier molecular flexibility index (Phi) is 5.03. The molecule has 100 valence electrons. The molecule has 0 heterocycles. The second-order valence-electron chi connectivity index (χ2n) is 4.71. The summed E-state index contributed by atoms with van der Waals surface area (Å²) in [7, 11) is 0. The number of hydrogen-bond donors (Lipinski definition) is 1. The topological polar surface area (TPSA) is 12.0 Å². The van der Waals surface area contributed by atoms with Crippen molar-refractivity contribution >= 4 is 27.5 Å². The van der Waals surface area contributed by atoms with E-state index in [0.717, 1.165) is 21.6 Å². The van der Waals surface area contributed by atoms with Crippen molar-refractivity contribution in [2.24, 2.45) is 0 Å². The Bertz CT molecular complexity index is 568. The first-order valence-corrected chi connectivity index (χ1v) is 7.48. The number of aryl methyl sites for hydroxylation is 1. The normalized spacial score (nSPS) is 12.4. The maximum atomic E-state index is 6.20. The zero-order valence-electron chi connectivity index (χ0n) is 11.1. The molecule has 0 amide bonds. The average molecular weight is 339 g/mol. The van der Waals surface area contributed by atoms with Crippen LogP contribution < -0.4 is 5.32 Å². The monoisotopic (exact) mass is 337 g/mol. The van der Waals surface area contributed by atoms with Crippen LogP contribution in [0.1, 0.15) is 29.7 Å². The maximum Gasteiger partial charge on any atom is 0.0453 e. The third-order valence-electron chi connectivity index (χ3n) is 3.21. The number of rotatable bonds is 4. The highest BCUT2D eigenvalue weighted by molar-refractivity contribution is 9.10. The van der Waals surface area contributed by atoms with Gasteiger partial charge in [-0.15, -0.1) is 0 Å². The van der Waals surface area contributed by atoms with E-state index in [-0.39, 0.29) is 6.04 Å². The molecular weight excluding hydrogens is 322 g/mol. The van der Waals surface area contributed by atoms with Gasteiger partial charge in [-0.3, -0.25) is 0 Å². The fourth-order valence-electron chi connectivity index (χ4n) is 2.02. The van der Waals surface area contributed by atoms with Crippen molar-refractivity contribution in [2.75, 3.05) is 0 Å². The molecule has 19 heavy (non-hydrogen) atoms. The van der Waals surface area contributed by atoms with Gasteiger partial charge in [-0.2, -0.15) is 0 Å². The van der Waals surface area contributed by atoms with Gasteiger partial charge in [0.15, 0.2) is 0 Å². The molecule has 0 unspecified atom stereocenters. The molecule has 2 rings (SSSR count). The third-order valence-corrected chi connectivity index (χ3v) is 4.44. The van der Waals surface area contributed by atoms with E-state index >= 15 is 0 Å². The molecular formula is C16H17BrClN. The van der Waals surface area contributed by atoms with Gasteiger partial charge >= 0.3 is 0 Å². The molecule has 0 aliphatic rings. The minimum atomic E-state index is 0.234. The van der Waals surface area contributed by atoms with Crippen LogP contribution in [0.3, 0.4) is 0 Å². The van der Waals surface area contributed by atoms with E-state index in [2.05, 4.69) is 59.4 Å². The molecule has 2 aromatic carbocycles. The van der Waals surface area contributed by atoms with Gasteiger partial charge in [-0.25, -0.2) is 0 Å². The van der Waals surface area contributed by atoms with E-state index < -0.39 is 0 Å². The van der Waals surface area contributed by atoms with Crippen LogP contribution in [-0.4, -0.2) is 0 Å². The van der Waals surface area contributed by atoms with E-state index in [1.54, 1.807) is 0 Å². The predicted molar refractivity (Wildman–Crippen MR) is 85.6 cm³/mol. The molecule has 0 saturated carbocycles. The summed E-state index contributed by atoms with van der Waals surface area (Å²) in [6.07, 6.45) is 0. The number of benzene rings is 2. The zero-order valence-corrected chi connectivity index (χ0v) is 13.4. The lowest BCUT2D eigenvalue weighted by atomic mass is 10.1. The van der Waals surface area contributed by atoms with Crippen LogP contribution in [0, 0.1) is 6.92 Å². The summed E-state index contributed by atoms with van der Waals surface area (Å²) in [5.41, 5.74) is 3.67. The molecule has 1 atom stereocenters. The first kappa shape index (κ1) is 14.6. The fourth-order valence-corrected chi connectivity index (χ4v) is 2.57. The van der Waals surface area contributed by atoms with Crippen molar-refractivity contribution in [2.45, 2.75) is 26.4 Å². The second kappa shape index (κ2) is 6.56. The van der Waals surface area contributed by atoms with Crippen molar-refractivity contribution in [1.82, 2.24) is 5.32 Å². The third kappa shape index (κ3) is 3.82. The van der Waals surface area contributed by atoms with Gasteiger partial charge < -0.3 is 5.32 Å². The Morgan fingerprint density at radius 2 is 1.95 bits per heavy atom. The molecule has 0 aliphatic carbocycles. The molecule has 2 aromatic rings. The Balaban J connectivity index is 2.02. The predicted octanol–water partition coefficient (Wildman–Crippen LogP) is 5.26. The van der Waals surface area contributed by atoms with Gasteiger partial charge in [0.1, 0.15) is 0 Å². The van der Waals surface area contributed by atoms with Crippen molar-refractivity contribution in [3.63, 3.8) is 0 Å². The smallest absolute Gasteiger partial charge is 0.0453 e. The Morgan fingerprint density at radius 1 is 1.21 bits per heavy atom.